The van der Waals surface area contributed by atoms with E-state index in [9.17, 15) is 9.59 Å². The van der Waals surface area contributed by atoms with Gasteiger partial charge in [-0.2, -0.15) is 0 Å². The molecule has 2 N–H and O–H groups in total. The summed E-state index contributed by atoms with van der Waals surface area (Å²) in [4.78, 5) is 26.9. The molecule has 0 spiro atoms. The number of hydrogen-bond donors (Lipinski definition) is 2. The van der Waals surface area contributed by atoms with Crippen LogP contribution in [0.5, 0.6) is 0 Å². The summed E-state index contributed by atoms with van der Waals surface area (Å²) in [5.41, 5.74) is 0.0361. The van der Waals surface area contributed by atoms with Crippen molar-refractivity contribution in [2.45, 2.75) is 19.3 Å². The Bertz CT molecular complexity index is 505. The SMILES string of the molecule is O=C(O)c1cccnc1NC(=O)C1CC2CC2C1. The van der Waals surface area contributed by atoms with Crippen LogP contribution in [0.3, 0.4) is 0 Å². The van der Waals surface area contributed by atoms with Gasteiger partial charge in [0.25, 0.3) is 0 Å². The highest BCUT2D eigenvalue weighted by Gasteiger charge is 2.48. The smallest absolute Gasteiger partial charge is 0.339 e. The average molecular weight is 246 g/mol. The van der Waals surface area contributed by atoms with E-state index in [0.717, 1.165) is 24.7 Å². The van der Waals surface area contributed by atoms with Gasteiger partial charge in [-0.1, -0.05) is 0 Å². The van der Waals surface area contributed by atoms with Gasteiger partial charge in [0.2, 0.25) is 5.91 Å². The number of rotatable bonds is 3. The largest absolute Gasteiger partial charge is 0.478 e. The Labute approximate surface area is 104 Å². The van der Waals surface area contributed by atoms with Crippen LogP contribution in [0.4, 0.5) is 5.82 Å². The molecule has 0 bridgehead atoms. The number of carboxylic acid groups (broad SMARTS) is 1. The molecule has 2 atom stereocenters. The van der Waals surface area contributed by atoms with Gasteiger partial charge in [-0.25, -0.2) is 9.78 Å². The molecular formula is C13H14N2O3. The predicted molar refractivity (Wildman–Crippen MR) is 64.1 cm³/mol. The maximum atomic E-state index is 12.0. The molecule has 0 aromatic carbocycles. The van der Waals surface area contributed by atoms with Crippen LogP contribution in [-0.4, -0.2) is 22.0 Å². The third kappa shape index (κ3) is 1.96. The fourth-order valence-corrected chi connectivity index (χ4v) is 2.83. The zero-order valence-electron chi connectivity index (χ0n) is 9.80. The molecule has 2 aliphatic rings. The van der Waals surface area contributed by atoms with Crippen molar-refractivity contribution < 1.29 is 14.7 Å². The molecule has 2 aliphatic carbocycles. The van der Waals surface area contributed by atoms with E-state index in [4.69, 9.17) is 5.11 Å². The van der Waals surface area contributed by atoms with Gasteiger partial charge in [0.15, 0.2) is 0 Å². The molecule has 2 fully saturated rings. The quantitative estimate of drug-likeness (QED) is 0.851. The van der Waals surface area contributed by atoms with E-state index in [1.165, 1.54) is 18.7 Å². The van der Waals surface area contributed by atoms with Crippen molar-refractivity contribution in [3.05, 3.63) is 23.9 Å². The van der Waals surface area contributed by atoms with Crippen molar-refractivity contribution in [2.75, 3.05) is 5.32 Å². The number of carbonyl (C=O) groups excluding carboxylic acids is 1. The molecule has 1 heterocycles. The molecule has 5 nitrogen and oxygen atoms in total. The molecule has 18 heavy (non-hydrogen) atoms. The molecule has 94 valence electrons. The Morgan fingerprint density at radius 2 is 2.00 bits per heavy atom. The van der Waals surface area contributed by atoms with Crippen LogP contribution in [0.15, 0.2) is 18.3 Å². The highest BCUT2D eigenvalue weighted by Crippen LogP contribution is 2.54. The Balaban J connectivity index is 1.72. The summed E-state index contributed by atoms with van der Waals surface area (Å²) in [6, 6.07) is 2.99. The van der Waals surface area contributed by atoms with Crippen LogP contribution in [-0.2, 0) is 4.79 Å². The van der Waals surface area contributed by atoms with E-state index in [1.807, 2.05) is 0 Å². The summed E-state index contributed by atoms with van der Waals surface area (Å²) < 4.78 is 0. The van der Waals surface area contributed by atoms with Gasteiger partial charge in [0, 0.05) is 12.1 Å². The topological polar surface area (TPSA) is 79.3 Å². The van der Waals surface area contributed by atoms with Crippen molar-refractivity contribution in [3.8, 4) is 0 Å². The standard InChI is InChI=1S/C13H14N2O3/c16-12(9-5-7-4-8(7)6-9)15-11-10(13(17)18)2-1-3-14-11/h1-3,7-9H,4-6H2,(H,17,18)(H,14,15,16). The maximum absolute atomic E-state index is 12.0. The van der Waals surface area contributed by atoms with Crippen LogP contribution in [0.25, 0.3) is 0 Å². The van der Waals surface area contributed by atoms with Gasteiger partial charge in [-0.15, -0.1) is 0 Å². The number of carbonyl (C=O) groups is 2. The number of fused-ring (bicyclic) bond motifs is 1. The van der Waals surface area contributed by atoms with Gasteiger partial charge in [-0.05, 0) is 43.2 Å². The van der Waals surface area contributed by atoms with Crippen LogP contribution >= 0.6 is 0 Å². The lowest BCUT2D eigenvalue weighted by Crippen LogP contribution is -2.23. The summed E-state index contributed by atoms with van der Waals surface area (Å²) in [7, 11) is 0. The second-order valence-electron chi connectivity index (χ2n) is 5.12. The van der Waals surface area contributed by atoms with Gasteiger partial charge < -0.3 is 10.4 Å². The fraction of sp³-hybridized carbons (Fsp3) is 0.462. The number of hydrogen-bond acceptors (Lipinski definition) is 3. The van der Waals surface area contributed by atoms with E-state index in [1.54, 1.807) is 6.07 Å². The number of nitrogens with zero attached hydrogens (tertiary/aromatic N) is 1. The number of amides is 1. The lowest BCUT2D eigenvalue weighted by Gasteiger charge is -2.12. The highest BCUT2D eigenvalue weighted by molar-refractivity contribution is 5.99. The third-order valence-electron chi connectivity index (χ3n) is 3.89. The minimum absolute atomic E-state index is 0.0254. The number of anilines is 1. The van der Waals surface area contributed by atoms with Crippen molar-refractivity contribution in [1.82, 2.24) is 4.98 Å². The zero-order chi connectivity index (χ0) is 12.7. The third-order valence-corrected chi connectivity index (χ3v) is 3.89. The molecule has 2 unspecified atom stereocenters. The summed E-state index contributed by atoms with van der Waals surface area (Å²) in [5.74, 6) is 0.455. The predicted octanol–water partition coefficient (Wildman–Crippen LogP) is 1.76. The zero-order valence-corrected chi connectivity index (χ0v) is 9.80. The Kier molecular flexibility index (Phi) is 2.54. The fourth-order valence-electron chi connectivity index (χ4n) is 2.83. The molecule has 1 aromatic heterocycles. The number of aromatic nitrogens is 1. The summed E-state index contributed by atoms with van der Waals surface area (Å²) >= 11 is 0. The summed E-state index contributed by atoms with van der Waals surface area (Å²) in [6.45, 7) is 0. The first-order valence-electron chi connectivity index (χ1n) is 6.14. The van der Waals surface area contributed by atoms with E-state index in [-0.39, 0.29) is 23.2 Å². The van der Waals surface area contributed by atoms with Crippen LogP contribution in [0.1, 0.15) is 29.6 Å². The van der Waals surface area contributed by atoms with Gasteiger partial charge in [0.05, 0.1) is 0 Å². The average Bonchev–Trinajstić information content (AvgIpc) is 2.96. The van der Waals surface area contributed by atoms with Crippen LogP contribution < -0.4 is 5.32 Å². The van der Waals surface area contributed by atoms with Crippen LogP contribution in [0, 0.1) is 17.8 Å². The van der Waals surface area contributed by atoms with E-state index in [2.05, 4.69) is 10.3 Å². The van der Waals surface area contributed by atoms with E-state index in [0.29, 0.717) is 0 Å². The Hall–Kier alpha value is -1.91. The number of nitrogens with one attached hydrogen (secondary N) is 1. The van der Waals surface area contributed by atoms with Crippen LogP contribution in [0.2, 0.25) is 0 Å². The van der Waals surface area contributed by atoms with Crippen molar-refractivity contribution in [3.63, 3.8) is 0 Å². The molecule has 2 saturated carbocycles. The van der Waals surface area contributed by atoms with Crippen molar-refractivity contribution >= 4 is 17.7 Å². The minimum atomic E-state index is -1.08. The van der Waals surface area contributed by atoms with Gasteiger partial charge in [-0.3, -0.25) is 4.79 Å². The lowest BCUT2D eigenvalue weighted by atomic mass is 10.0. The minimum Gasteiger partial charge on any atom is -0.478 e. The highest BCUT2D eigenvalue weighted by atomic mass is 16.4. The van der Waals surface area contributed by atoms with Gasteiger partial charge in [0.1, 0.15) is 11.4 Å². The Morgan fingerprint density at radius 1 is 1.28 bits per heavy atom. The number of pyridine rings is 1. The lowest BCUT2D eigenvalue weighted by molar-refractivity contribution is -0.120. The van der Waals surface area contributed by atoms with E-state index >= 15 is 0 Å². The normalized spacial score (nSPS) is 28.6. The number of aromatic carboxylic acids is 1. The number of carboxylic acids is 1. The van der Waals surface area contributed by atoms with E-state index < -0.39 is 5.97 Å². The summed E-state index contributed by atoms with van der Waals surface area (Å²) in [6.07, 6.45) is 4.61. The maximum Gasteiger partial charge on any atom is 0.339 e. The molecule has 0 saturated heterocycles. The molecule has 0 aliphatic heterocycles. The molecular weight excluding hydrogens is 232 g/mol. The van der Waals surface area contributed by atoms with Crippen molar-refractivity contribution in [1.29, 1.82) is 0 Å². The monoisotopic (exact) mass is 246 g/mol. The Morgan fingerprint density at radius 3 is 2.67 bits per heavy atom. The van der Waals surface area contributed by atoms with Crippen molar-refractivity contribution in [2.24, 2.45) is 17.8 Å². The van der Waals surface area contributed by atoms with Gasteiger partial charge >= 0.3 is 5.97 Å². The second kappa shape index (κ2) is 4.08. The first-order chi connectivity index (χ1) is 8.65. The molecule has 0 radical (unpaired) electrons. The summed E-state index contributed by atoms with van der Waals surface area (Å²) in [5, 5.41) is 11.6. The molecule has 1 aromatic rings. The molecule has 1 amide bonds. The molecule has 5 heteroatoms. The first kappa shape index (κ1) is 11.2. The second-order valence-corrected chi connectivity index (χ2v) is 5.12. The first-order valence-corrected chi connectivity index (χ1v) is 6.14. The molecule has 3 rings (SSSR count).